The van der Waals surface area contributed by atoms with Crippen LogP contribution < -0.4 is 0 Å². The number of hydrogen-bond donors (Lipinski definition) is 0. The first-order valence-electron chi connectivity index (χ1n) is 9.24. The Morgan fingerprint density at radius 2 is 1.89 bits per heavy atom. The van der Waals surface area contributed by atoms with Crippen molar-refractivity contribution >= 4 is 21.9 Å². The number of nitriles is 1. The van der Waals surface area contributed by atoms with Crippen LogP contribution in [0.25, 0.3) is 0 Å². The van der Waals surface area contributed by atoms with Gasteiger partial charge in [0.2, 0.25) is 10.0 Å². The number of esters is 1. The maximum atomic E-state index is 12.9. The monoisotopic (exact) mass is 407 g/mol. The van der Waals surface area contributed by atoms with Gasteiger partial charge in [-0.05, 0) is 31.0 Å². The Morgan fingerprint density at radius 3 is 2.54 bits per heavy atom. The smallest absolute Gasteiger partial charge is 0.338 e. The molecule has 0 spiro atoms. The van der Waals surface area contributed by atoms with Crippen LogP contribution in [-0.2, 0) is 19.6 Å². The highest BCUT2D eigenvalue weighted by molar-refractivity contribution is 7.89. The van der Waals surface area contributed by atoms with Crippen molar-refractivity contribution in [3.63, 3.8) is 0 Å². The second-order valence-electron chi connectivity index (χ2n) is 6.65. The lowest BCUT2D eigenvalue weighted by Crippen LogP contribution is -2.32. The van der Waals surface area contributed by atoms with Crippen molar-refractivity contribution in [2.24, 2.45) is 0 Å². The number of amides is 1. The average molecular weight is 407 g/mol. The third-order valence-corrected chi connectivity index (χ3v) is 6.48. The summed E-state index contributed by atoms with van der Waals surface area (Å²) in [5.41, 5.74) is 0.0726. The van der Waals surface area contributed by atoms with E-state index in [9.17, 15) is 18.0 Å². The molecule has 2 rings (SSSR count). The normalized spacial score (nSPS) is 15.3. The molecule has 152 valence electrons. The zero-order valence-electron chi connectivity index (χ0n) is 16.0. The van der Waals surface area contributed by atoms with Gasteiger partial charge in [0.25, 0.3) is 5.91 Å². The van der Waals surface area contributed by atoms with Crippen molar-refractivity contribution in [3.8, 4) is 6.07 Å². The molecule has 1 heterocycles. The van der Waals surface area contributed by atoms with Crippen molar-refractivity contribution < 1.29 is 22.7 Å². The van der Waals surface area contributed by atoms with Crippen molar-refractivity contribution in [1.82, 2.24) is 9.21 Å². The van der Waals surface area contributed by atoms with Gasteiger partial charge in [-0.2, -0.15) is 9.57 Å². The molecule has 1 aliphatic rings. The molecule has 0 bridgehead atoms. The Kier molecular flexibility index (Phi) is 7.96. The molecular weight excluding hydrogens is 382 g/mol. The maximum absolute atomic E-state index is 12.9. The molecule has 1 aliphatic heterocycles. The average Bonchev–Trinajstić information content (AvgIpc) is 3.00. The van der Waals surface area contributed by atoms with Crippen molar-refractivity contribution in [2.75, 3.05) is 33.3 Å². The van der Waals surface area contributed by atoms with E-state index in [4.69, 9.17) is 10.00 Å². The van der Waals surface area contributed by atoms with Crippen molar-refractivity contribution in [2.45, 2.75) is 37.0 Å². The fourth-order valence-corrected chi connectivity index (χ4v) is 4.44. The molecule has 28 heavy (non-hydrogen) atoms. The highest BCUT2D eigenvalue weighted by Crippen LogP contribution is 2.21. The van der Waals surface area contributed by atoms with Gasteiger partial charge in [-0.15, -0.1) is 0 Å². The molecule has 0 aromatic heterocycles. The largest absolute Gasteiger partial charge is 0.452 e. The van der Waals surface area contributed by atoms with E-state index in [1.807, 2.05) is 6.07 Å². The second kappa shape index (κ2) is 10.2. The van der Waals surface area contributed by atoms with Gasteiger partial charge in [0.1, 0.15) is 0 Å². The summed E-state index contributed by atoms with van der Waals surface area (Å²) in [7, 11) is -2.16. The number of ether oxygens (including phenoxy) is 1. The molecule has 0 radical (unpaired) electrons. The van der Waals surface area contributed by atoms with Crippen LogP contribution >= 0.6 is 0 Å². The topological polar surface area (TPSA) is 108 Å². The molecule has 0 N–H and O–H groups in total. The number of nitrogens with zero attached hydrogens (tertiary/aromatic N) is 3. The van der Waals surface area contributed by atoms with Gasteiger partial charge >= 0.3 is 5.97 Å². The van der Waals surface area contributed by atoms with E-state index < -0.39 is 28.5 Å². The highest BCUT2D eigenvalue weighted by Gasteiger charge is 2.26. The molecule has 9 heteroatoms. The summed E-state index contributed by atoms with van der Waals surface area (Å²) in [6, 6.07) is 7.61. The van der Waals surface area contributed by atoms with Gasteiger partial charge in [0, 0.05) is 26.7 Å². The number of sulfonamides is 1. The van der Waals surface area contributed by atoms with E-state index in [1.165, 1.54) is 40.5 Å². The summed E-state index contributed by atoms with van der Waals surface area (Å²) < 4.78 is 32.2. The van der Waals surface area contributed by atoms with E-state index in [1.54, 1.807) is 0 Å². The fraction of sp³-hybridized carbons (Fsp3) is 0.526. The Morgan fingerprint density at radius 1 is 1.21 bits per heavy atom. The van der Waals surface area contributed by atoms with Gasteiger partial charge in [-0.1, -0.05) is 18.9 Å². The number of carbonyl (C=O) groups excluding carboxylic acids is 2. The number of carbonyl (C=O) groups is 2. The number of benzene rings is 1. The van der Waals surface area contributed by atoms with E-state index in [0.717, 1.165) is 25.7 Å². The first-order valence-corrected chi connectivity index (χ1v) is 10.7. The Labute approximate surface area is 165 Å². The van der Waals surface area contributed by atoms with Crippen LogP contribution in [0.4, 0.5) is 0 Å². The third kappa shape index (κ3) is 5.78. The summed E-state index contributed by atoms with van der Waals surface area (Å²) >= 11 is 0. The fourth-order valence-electron chi connectivity index (χ4n) is 2.88. The van der Waals surface area contributed by atoms with Gasteiger partial charge in [-0.3, -0.25) is 4.79 Å². The van der Waals surface area contributed by atoms with E-state index in [2.05, 4.69) is 0 Å². The Balaban J connectivity index is 2.04. The highest BCUT2D eigenvalue weighted by atomic mass is 32.2. The third-order valence-electron chi connectivity index (χ3n) is 4.58. The molecule has 1 aromatic rings. The van der Waals surface area contributed by atoms with Crippen LogP contribution in [0.5, 0.6) is 0 Å². The minimum atomic E-state index is -3.68. The van der Waals surface area contributed by atoms with E-state index in [-0.39, 0.29) is 23.4 Å². The van der Waals surface area contributed by atoms with Crippen LogP contribution in [0, 0.1) is 11.3 Å². The van der Waals surface area contributed by atoms with Crippen molar-refractivity contribution in [1.29, 1.82) is 5.26 Å². The maximum Gasteiger partial charge on any atom is 0.338 e. The van der Waals surface area contributed by atoms with Crippen molar-refractivity contribution in [3.05, 3.63) is 29.8 Å². The molecule has 1 amide bonds. The lowest BCUT2D eigenvalue weighted by Gasteiger charge is -2.20. The van der Waals surface area contributed by atoms with Gasteiger partial charge in [0.15, 0.2) is 6.61 Å². The minimum absolute atomic E-state index is 0.0429. The Hall–Kier alpha value is -2.44. The van der Waals surface area contributed by atoms with Crippen LogP contribution in [0.2, 0.25) is 0 Å². The van der Waals surface area contributed by atoms with Gasteiger partial charge < -0.3 is 9.64 Å². The van der Waals surface area contributed by atoms with Gasteiger partial charge in [0.05, 0.1) is 22.9 Å². The van der Waals surface area contributed by atoms with Crippen LogP contribution in [-0.4, -0.2) is 62.8 Å². The van der Waals surface area contributed by atoms with Crippen LogP contribution in [0.3, 0.4) is 0 Å². The predicted molar refractivity (Wildman–Crippen MR) is 102 cm³/mol. The zero-order chi connectivity index (χ0) is 20.6. The lowest BCUT2D eigenvalue weighted by molar-refractivity contribution is -0.133. The minimum Gasteiger partial charge on any atom is -0.452 e. The lowest BCUT2D eigenvalue weighted by atomic mass is 10.2. The first kappa shape index (κ1) is 21.9. The summed E-state index contributed by atoms with van der Waals surface area (Å²) in [6.45, 7) is 0.724. The molecule has 1 saturated heterocycles. The SMILES string of the molecule is CN(CCC#N)C(=O)COC(=O)c1cccc(S(=O)(=O)N2CCCCCC2)c1. The van der Waals surface area contributed by atoms with E-state index in [0.29, 0.717) is 13.1 Å². The molecule has 1 aromatic carbocycles. The zero-order valence-corrected chi connectivity index (χ0v) is 16.8. The second-order valence-corrected chi connectivity index (χ2v) is 8.58. The molecule has 0 aliphatic carbocycles. The van der Waals surface area contributed by atoms with E-state index >= 15 is 0 Å². The summed E-state index contributed by atoms with van der Waals surface area (Å²) in [6.07, 6.45) is 3.85. The molecular formula is C19H25N3O5S. The Bertz CT molecular complexity index is 839. The first-order chi connectivity index (χ1) is 13.4. The number of hydrogen-bond acceptors (Lipinski definition) is 6. The summed E-state index contributed by atoms with van der Waals surface area (Å²) in [5, 5.41) is 8.54. The van der Waals surface area contributed by atoms with Crippen LogP contribution in [0.1, 0.15) is 42.5 Å². The molecule has 1 fully saturated rings. The van der Waals surface area contributed by atoms with Gasteiger partial charge in [-0.25, -0.2) is 13.2 Å². The van der Waals surface area contributed by atoms with Crippen LogP contribution in [0.15, 0.2) is 29.2 Å². The summed E-state index contributed by atoms with van der Waals surface area (Å²) in [5.74, 6) is -1.20. The molecule has 0 saturated carbocycles. The standard InChI is InChI=1S/C19H25N3O5S/c1-21(11-7-10-20)18(23)15-27-19(24)16-8-6-9-17(14-16)28(25,26)22-12-4-2-3-5-13-22/h6,8-9,14H,2-5,7,11-13,15H2,1H3. The molecule has 0 unspecified atom stereocenters. The molecule has 0 atom stereocenters. The number of rotatable bonds is 7. The predicted octanol–water partition coefficient (Wildman–Crippen LogP) is 1.78. The summed E-state index contributed by atoms with van der Waals surface area (Å²) in [4.78, 5) is 25.5. The number of likely N-dealkylation sites (N-methyl/N-ethyl adjacent to an activating group) is 1. The quantitative estimate of drug-likeness (QED) is 0.638. The molecule has 8 nitrogen and oxygen atoms in total.